The number of anilines is 2. The highest BCUT2D eigenvalue weighted by atomic mass is 16.2. The van der Waals surface area contributed by atoms with Gasteiger partial charge in [0.1, 0.15) is 0 Å². The minimum Gasteiger partial charge on any atom is -0.369 e. The molecule has 0 saturated carbocycles. The average molecular weight is 419 g/mol. The fourth-order valence-corrected chi connectivity index (χ4v) is 3.80. The van der Waals surface area contributed by atoms with Gasteiger partial charge in [0.15, 0.2) is 5.78 Å². The quantitative estimate of drug-likeness (QED) is 0.643. The van der Waals surface area contributed by atoms with Gasteiger partial charge >= 0.3 is 0 Å². The summed E-state index contributed by atoms with van der Waals surface area (Å²) in [5, 5.41) is 9.03. The number of ketones is 1. The second kappa shape index (κ2) is 10.2. The molecule has 1 fully saturated rings. The van der Waals surface area contributed by atoms with Crippen molar-refractivity contribution < 1.29 is 9.59 Å². The predicted molar refractivity (Wildman–Crippen MR) is 124 cm³/mol. The first-order valence-electron chi connectivity index (χ1n) is 10.7. The number of nitrogens with zero attached hydrogens (tertiary/aromatic N) is 4. The van der Waals surface area contributed by atoms with Crippen LogP contribution in [-0.4, -0.2) is 55.9 Å². The molecular weight excluding hydrogens is 388 g/mol. The summed E-state index contributed by atoms with van der Waals surface area (Å²) < 4.78 is 0. The second-order valence-electron chi connectivity index (χ2n) is 8.09. The number of amides is 1. The number of hydrogen-bond donors (Lipinski definition) is 0. The third-order valence-electron chi connectivity index (χ3n) is 5.92. The highest BCUT2D eigenvalue weighted by Crippen LogP contribution is 2.21. The molecule has 1 aliphatic rings. The summed E-state index contributed by atoms with van der Waals surface area (Å²) in [6, 6.07) is 15.9. The van der Waals surface area contributed by atoms with Crippen LogP contribution in [0.2, 0.25) is 0 Å². The molecule has 0 atom stereocenters. The lowest BCUT2D eigenvalue weighted by Crippen LogP contribution is -2.50. The van der Waals surface area contributed by atoms with E-state index in [0.29, 0.717) is 19.5 Å². The van der Waals surface area contributed by atoms with Gasteiger partial charge in [-0.15, -0.1) is 0 Å². The van der Waals surface area contributed by atoms with E-state index in [2.05, 4.69) is 15.9 Å². The number of rotatable bonds is 7. The molecule has 3 rings (SSSR count). The molecule has 2 aromatic carbocycles. The largest absolute Gasteiger partial charge is 0.369 e. The van der Waals surface area contributed by atoms with Crippen molar-refractivity contribution in [1.29, 1.82) is 5.26 Å². The van der Waals surface area contributed by atoms with E-state index >= 15 is 0 Å². The minimum atomic E-state index is 0.0257. The third kappa shape index (κ3) is 5.71. The van der Waals surface area contributed by atoms with Gasteiger partial charge in [-0.3, -0.25) is 14.5 Å². The van der Waals surface area contributed by atoms with Crippen LogP contribution in [0.15, 0.2) is 42.5 Å². The molecule has 1 saturated heterocycles. The molecule has 0 aromatic heterocycles. The zero-order valence-corrected chi connectivity index (χ0v) is 18.6. The average Bonchev–Trinajstić information content (AvgIpc) is 2.77. The molecule has 1 amide bonds. The van der Waals surface area contributed by atoms with Crippen LogP contribution in [0.25, 0.3) is 0 Å². The Kier molecular flexibility index (Phi) is 7.43. The number of carbonyl (C=O) groups excluding carboxylic acids is 2. The Morgan fingerprint density at radius 3 is 2.26 bits per heavy atom. The summed E-state index contributed by atoms with van der Waals surface area (Å²) in [5.74, 6) is 0.0948. The SMILES string of the molecule is CC(=O)c1ccc(N2CCN(CC(=O)N(CCC#N)c3ccc(C)c(C)c3)CC2)cc1. The maximum absolute atomic E-state index is 13.1. The van der Waals surface area contributed by atoms with Crippen LogP contribution in [0.4, 0.5) is 11.4 Å². The van der Waals surface area contributed by atoms with Gasteiger partial charge in [0.25, 0.3) is 0 Å². The monoisotopic (exact) mass is 418 g/mol. The van der Waals surface area contributed by atoms with Crippen molar-refractivity contribution in [3.63, 3.8) is 0 Å². The zero-order valence-electron chi connectivity index (χ0n) is 18.6. The van der Waals surface area contributed by atoms with E-state index in [9.17, 15) is 9.59 Å². The van der Waals surface area contributed by atoms with Gasteiger partial charge in [-0.25, -0.2) is 0 Å². The molecule has 6 heteroatoms. The van der Waals surface area contributed by atoms with E-state index in [1.807, 2.05) is 56.3 Å². The number of aryl methyl sites for hydroxylation is 2. The number of hydrogen-bond acceptors (Lipinski definition) is 5. The molecule has 2 aromatic rings. The summed E-state index contributed by atoms with van der Waals surface area (Å²) >= 11 is 0. The lowest BCUT2D eigenvalue weighted by molar-refractivity contribution is -0.119. The molecule has 0 unspecified atom stereocenters. The van der Waals surface area contributed by atoms with Crippen LogP contribution < -0.4 is 9.80 Å². The van der Waals surface area contributed by atoms with Crippen molar-refractivity contribution in [3.05, 3.63) is 59.2 Å². The summed E-state index contributed by atoms with van der Waals surface area (Å²) in [6.07, 6.45) is 0.308. The molecule has 0 bridgehead atoms. The van der Waals surface area contributed by atoms with Crippen molar-refractivity contribution >= 4 is 23.1 Å². The number of benzene rings is 2. The van der Waals surface area contributed by atoms with Gasteiger partial charge in [-0.2, -0.15) is 5.26 Å². The normalized spacial score (nSPS) is 14.2. The summed E-state index contributed by atoms with van der Waals surface area (Å²) in [7, 11) is 0. The van der Waals surface area contributed by atoms with Gasteiger partial charge in [0.05, 0.1) is 19.0 Å². The van der Waals surface area contributed by atoms with Gasteiger partial charge in [0.2, 0.25) is 5.91 Å². The lowest BCUT2D eigenvalue weighted by atomic mass is 10.1. The van der Waals surface area contributed by atoms with Gasteiger partial charge in [-0.1, -0.05) is 6.07 Å². The Balaban J connectivity index is 1.60. The molecule has 6 nitrogen and oxygen atoms in total. The second-order valence-corrected chi connectivity index (χ2v) is 8.09. The molecule has 1 aliphatic heterocycles. The van der Waals surface area contributed by atoms with Crippen molar-refractivity contribution in [1.82, 2.24) is 4.90 Å². The molecule has 0 radical (unpaired) electrons. The summed E-state index contributed by atoms with van der Waals surface area (Å²) in [4.78, 5) is 30.7. The number of carbonyl (C=O) groups is 2. The molecule has 1 heterocycles. The summed E-state index contributed by atoms with van der Waals surface area (Å²) in [6.45, 7) is 9.64. The fraction of sp³-hybridized carbons (Fsp3) is 0.400. The predicted octanol–water partition coefficient (Wildman–Crippen LogP) is 3.57. The maximum atomic E-state index is 13.1. The summed E-state index contributed by atoms with van der Waals surface area (Å²) in [5.41, 5.74) is 4.99. The van der Waals surface area contributed by atoms with Gasteiger partial charge in [0, 0.05) is 49.7 Å². The van der Waals surface area contributed by atoms with Crippen molar-refractivity contribution in [2.45, 2.75) is 27.2 Å². The van der Waals surface area contributed by atoms with E-state index in [-0.39, 0.29) is 11.7 Å². The third-order valence-corrected chi connectivity index (χ3v) is 5.92. The molecule has 0 aliphatic carbocycles. The van der Waals surface area contributed by atoms with Crippen molar-refractivity contribution in [3.8, 4) is 6.07 Å². The minimum absolute atomic E-state index is 0.0257. The lowest BCUT2D eigenvalue weighted by Gasteiger charge is -2.36. The molecule has 162 valence electrons. The highest BCUT2D eigenvalue weighted by molar-refractivity contribution is 5.95. The number of Topliss-reactive ketones (excluding diaryl/α,β-unsaturated/α-hetero) is 1. The van der Waals surface area contributed by atoms with Crippen LogP contribution in [0.3, 0.4) is 0 Å². The molecule has 31 heavy (non-hydrogen) atoms. The van der Waals surface area contributed by atoms with Crippen LogP contribution in [0.5, 0.6) is 0 Å². The Hall–Kier alpha value is -3.17. The molecular formula is C25H30N4O2. The van der Waals surface area contributed by atoms with E-state index in [1.54, 1.807) is 11.8 Å². The van der Waals surface area contributed by atoms with E-state index in [1.165, 1.54) is 5.56 Å². The fourth-order valence-electron chi connectivity index (χ4n) is 3.80. The first-order valence-corrected chi connectivity index (χ1v) is 10.7. The maximum Gasteiger partial charge on any atom is 0.241 e. The van der Waals surface area contributed by atoms with Crippen LogP contribution in [0.1, 0.15) is 34.8 Å². The Morgan fingerprint density at radius 1 is 1.00 bits per heavy atom. The van der Waals surface area contributed by atoms with E-state index in [0.717, 1.165) is 48.7 Å². The number of nitriles is 1. The van der Waals surface area contributed by atoms with E-state index in [4.69, 9.17) is 5.26 Å². The standard InChI is InChI=1S/C25H30N4O2/c1-19-5-8-24(17-20(19)2)29(12-4-11-26)25(31)18-27-13-15-28(16-14-27)23-9-6-22(7-10-23)21(3)30/h5-10,17H,4,12-16,18H2,1-3H3. The molecule has 0 N–H and O–H groups in total. The molecule has 0 spiro atoms. The topological polar surface area (TPSA) is 67.7 Å². The van der Waals surface area contributed by atoms with Crippen LogP contribution in [-0.2, 0) is 4.79 Å². The smallest absolute Gasteiger partial charge is 0.241 e. The van der Waals surface area contributed by atoms with Gasteiger partial charge < -0.3 is 9.80 Å². The van der Waals surface area contributed by atoms with Crippen LogP contribution >= 0.6 is 0 Å². The Morgan fingerprint density at radius 2 is 1.68 bits per heavy atom. The van der Waals surface area contributed by atoms with Crippen molar-refractivity contribution in [2.75, 3.05) is 49.1 Å². The van der Waals surface area contributed by atoms with Gasteiger partial charge in [-0.05, 0) is 68.3 Å². The Labute approximate surface area is 184 Å². The van der Waals surface area contributed by atoms with Crippen molar-refractivity contribution in [2.24, 2.45) is 0 Å². The highest BCUT2D eigenvalue weighted by Gasteiger charge is 2.23. The van der Waals surface area contributed by atoms with Crippen LogP contribution in [0, 0.1) is 25.2 Å². The number of piperazine rings is 1. The first kappa shape index (κ1) is 22.5. The first-order chi connectivity index (χ1) is 14.9. The Bertz CT molecular complexity index is 970. The van der Waals surface area contributed by atoms with E-state index < -0.39 is 0 Å². The zero-order chi connectivity index (χ0) is 22.4.